The number of carbonyl (C=O) groups is 3. The molecule has 1 aliphatic rings. The largest absolute Gasteiger partial charge is 0.459 e. The van der Waals surface area contributed by atoms with Gasteiger partial charge in [0.1, 0.15) is 18.8 Å². The molecule has 0 amide bonds. The van der Waals surface area contributed by atoms with Gasteiger partial charge in [-0.2, -0.15) is 39.5 Å². The van der Waals surface area contributed by atoms with Gasteiger partial charge in [-0.3, -0.25) is 0 Å². The summed E-state index contributed by atoms with van der Waals surface area (Å²) in [4.78, 5) is 40.5. The lowest BCUT2D eigenvalue weighted by molar-refractivity contribution is -0.279. The average molecular weight is 875 g/mol. The quantitative estimate of drug-likeness (QED) is 0.0839. The summed E-state index contributed by atoms with van der Waals surface area (Å²) >= 11 is 0. The summed E-state index contributed by atoms with van der Waals surface area (Å²) in [5, 5.41) is 0. The molecule has 0 saturated carbocycles. The Morgan fingerprint density at radius 2 is 1.02 bits per heavy atom. The number of hydrogen-bond acceptors (Lipinski definition) is 9. The van der Waals surface area contributed by atoms with Gasteiger partial charge in [0.15, 0.2) is 0 Å². The lowest BCUT2D eigenvalue weighted by atomic mass is 9.71. The average Bonchev–Trinajstić information content (AvgIpc) is 3.17. The predicted molar refractivity (Wildman–Crippen MR) is 199 cm³/mol. The Hall–Kier alpha value is -5.20. The van der Waals surface area contributed by atoms with Crippen molar-refractivity contribution in [3.63, 3.8) is 0 Å². The minimum atomic E-state index is -5.38. The highest BCUT2D eigenvalue weighted by molar-refractivity contribution is 5.84. The van der Waals surface area contributed by atoms with E-state index in [1.807, 2.05) is 0 Å². The van der Waals surface area contributed by atoms with Crippen LogP contribution in [0.5, 0.6) is 0 Å². The van der Waals surface area contributed by atoms with E-state index in [9.17, 15) is 53.9 Å². The highest BCUT2D eigenvalue weighted by atomic mass is 19.4. The lowest BCUT2D eigenvalue weighted by Crippen LogP contribution is -2.53. The van der Waals surface area contributed by atoms with Crippen molar-refractivity contribution in [2.24, 2.45) is 5.41 Å². The number of esters is 3. The molecular weight excluding hydrogens is 831 g/mol. The van der Waals surface area contributed by atoms with Crippen LogP contribution in [0.25, 0.3) is 0 Å². The molecule has 0 aromatic heterocycles. The molecule has 5 atom stereocenters. The molecular formula is C43H43F9O9. The smallest absolute Gasteiger partial charge is 0.432 e. The van der Waals surface area contributed by atoms with Crippen molar-refractivity contribution in [3.05, 3.63) is 131 Å². The topological polar surface area (TPSA) is 107 Å². The Bertz CT molecular complexity index is 2050. The summed E-state index contributed by atoms with van der Waals surface area (Å²) in [6.45, 7) is 3.27. The van der Waals surface area contributed by atoms with E-state index in [0.29, 0.717) is 21.3 Å². The third-order valence-electron chi connectivity index (χ3n) is 10.3. The van der Waals surface area contributed by atoms with Gasteiger partial charge in [-0.15, -0.1) is 0 Å². The normalized spacial score (nSPS) is 19.6. The maximum absolute atomic E-state index is 14.8. The first kappa shape index (κ1) is 48.5. The molecule has 0 saturated heterocycles. The van der Waals surface area contributed by atoms with Crippen molar-refractivity contribution in [2.75, 3.05) is 27.9 Å². The van der Waals surface area contributed by atoms with E-state index < -0.39 is 101 Å². The Labute approximate surface area is 345 Å². The van der Waals surface area contributed by atoms with Gasteiger partial charge in [0.2, 0.25) is 0 Å². The van der Waals surface area contributed by atoms with Crippen LogP contribution < -0.4 is 0 Å². The van der Waals surface area contributed by atoms with Crippen LogP contribution in [0.4, 0.5) is 39.5 Å². The maximum atomic E-state index is 14.8. The van der Waals surface area contributed by atoms with Crippen LogP contribution in [0.2, 0.25) is 0 Å². The first-order chi connectivity index (χ1) is 28.4. The second-order valence-corrected chi connectivity index (χ2v) is 14.6. The molecule has 0 spiro atoms. The zero-order valence-corrected chi connectivity index (χ0v) is 33.7. The highest BCUT2D eigenvalue weighted by Gasteiger charge is 2.66. The molecule has 332 valence electrons. The minimum absolute atomic E-state index is 0.0713. The standard InChI is InChI=1S/C43H43F9O9/c1-27(60-35(54)39(57-5,42(47,48)49)30-18-12-8-13-19-30)22-23-33-28(26-59-34(53)38(56-4,41(44,45)46)29-16-10-7-11-17-29)24-32(25-37(33,2)3)61-36(55)40(58-6,43(50,51)52)31-20-14-9-15-21-31/h7-23,27,32H,24-26H2,1-6H3/b23-22+/t27-,32+,38-,39-,40-/m0/s1. The second-order valence-electron chi connectivity index (χ2n) is 14.6. The van der Waals surface area contributed by atoms with Crippen LogP contribution in [-0.4, -0.2) is 76.6 Å². The second kappa shape index (κ2) is 18.4. The van der Waals surface area contributed by atoms with E-state index in [0.717, 1.165) is 42.5 Å². The third-order valence-corrected chi connectivity index (χ3v) is 10.3. The van der Waals surface area contributed by atoms with Crippen molar-refractivity contribution in [3.8, 4) is 0 Å². The fraction of sp³-hybridized carbons (Fsp3) is 0.419. The van der Waals surface area contributed by atoms with E-state index >= 15 is 0 Å². The van der Waals surface area contributed by atoms with Crippen molar-refractivity contribution in [1.29, 1.82) is 0 Å². The van der Waals surface area contributed by atoms with Gasteiger partial charge in [-0.05, 0) is 36.0 Å². The molecule has 61 heavy (non-hydrogen) atoms. The summed E-state index contributed by atoms with van der Waals surface area (Å²) in [6, 6.07) is 17.7. The molecule has 0 fully saturated rings. The van der Waals surface area contributed by atoms with Gasteiger partial charge in [-0.1, -0.05) is 111 Å². The molecule has 4 rings (SSSR count). The number of alkyl halides is 9. The Morgan fingerprint density at radius 3 is 1.39 bits per heavy atom. The molecule has 3 aromatic rings. The van der Waals surface area contributed by atoms with E-state index in [2.05, 4.69) is 0 Å². The number of halogens is 9. The van der Waals surface area contributed by atoms with Gasteiger partial charge in [0.25, 0.3) is 16.8 Å². The van der Waals surface area contributed by atoms with Gasteiger partial charge in [0.05, 0.1) is 0 Å². The predicted octanol–water partition coefficient (Wildman–Crippen LogP) is 9.36. The van der Waals surface area contributed by atoms with Crippen LogP contribution >= 0.6 is 0 Å². The molecule has 0 aliphatic heterocycles. The number of methoxy groups -OCH3 is 3. The number of benzene rings is 3. The minimum Gasteiger partial charge on any atom is -0.459 e. The Kier molecular flexibility index (Phi) is 14.6. The maximum Gasteiger partial charge on any atom is 0.432 e. The van der Waals surface area contributed by atoms with Crippen LogP contribution in [0.1, 0.15) is 50.3 Å². The monoisotopic (exact) mass is 874 g/mol. The zero-order chi connectivity index (χ0) is 45.7. The number of allylic oxidation sites excluding steroid dienone is 2. The number of carbonyl (C=O) groups excluding carboxylic acids is 3. The van der Waals surface area contributed by atoms with Gasteiger partial charge in [0, 0.05) is 44.4 Å². The van der Waals surface area contributed by atoms with Gasteiger partial charge >= 0.3 is 36.4 Å². The Balaban J connectivity index is 1.77. The fourth-order valence-electron chi connectivity index (χ4n) is 7.35. The summed E-state index contributed by atoms with van der Waals surface area (Å²) in [5.41, 5.74) is -13.8. The summed E-state index contributed by atoms with van der Waals surface area (Å²) in [5.74, 6) is -5.63. The number of rotatable bonds is 15. The van der Waals surface area contributed by atoms with Gasteiger partial charge < -0.3 is 28.4 Å². The first-order valence-corrected chi connectivity index (χ1v) is 18.4. The molecule has 18 heteroatoms. The van der Waals surface area contributed by atoms with E-state index in [1.54, 1.807) is 0 Å². The molecule has 0 bridgehead atoms. The van der Waals surface area contributed by atoms with E-state index in [-0.39, 0.29) is 17.6 Å². The highest BCUT2D eigenvalue weighted by Crippen LogP contribution is 2.48. The fourth-order valence-corrected chi connectivity index (χ4v) is 7.35. The van der Waals surface area contributed by atoms with Gasteiger partial charge in [-0.25, -0.2) is 14.4 Å². The van der Waals surface area contributed by atoms with Crippen LogP contribution in [0.3, 0.4) is 0 Å². The first-order valence-electron chi connectivity index (χ1n) is 18.4. The molecule has 9 nitrogen and oxygen atoms in total. The molecule has 3 aromatic carbocycles. The zero-order valence-electron chi connectivity index (χ0n) is 33.7. The van der Waals surface area contributed by atoms with Crippen LogP contribution in [0.15, 0.2) is 114 Å². The molecule has 0 radical (unpaired) electrons. The number of hydrogen-bond donors (Lipinski definition) is 0. The lowest BCUT2D eigenvalue weighted by Gasteiger charge is -2.40. The van der Waals surface area contributed by atoms with E-state index in [4.69, 9.17) is 28.4 Å². The summed E-state index contributed by atoms with van der Waals surface area (Å²) < 4.78 is 163. The van der Waals surface area contributed by atoms with Crippen molar-refractivity contribution < 1.29 is 82.3 Å². The van der Waals surface area contributed by atoms with Crippen LogP contribution in [0, 0.1) is 5.41 Å². The van der Waals surface area contributed by atoms with Crippen molar-refractivity contribution in [1.82, 2.24) is 0 Å². The molecule has 1 aliphatic carbocycles. The summed E-state index contributed by atoms with van der Waals surface area (Å²) in [7, 11) is 1.98. The SMILES string of the molecule is CO[C@](C(=O)OCC1=C(/C=C/[C@H](C)OC(=O)[C@@](OC)(c2ccccc2)C(F)(F)F)C(C)(C)C[C@H](OC(=O)[C@@](OC)(c2ccccc2)C(F)(F)F)C1)(c1ccccc1)C(F)(F)F. The summed E-state index contributed by atoms with van der Waals surface area (Å²) in [6.07, 6.45) is -17.3. The third kappa shape index (κ3) is 9.35. The number of ether oxygens (including phenoxy) is 6. The molecule has 0 unspecified atom stereocenters. The van der Waals surface area contributed by atoms with Crippen molar-refractivity contribution >= 4 is 17.9 Å². The molecule has 0 N–H and O–H groups in total. The van der Waals surface area contributed by atoms with E-state index in [1.165, 1.54) is 81.4 Å². The van der Waals surface area contributed by atoms with Crippen LogP contribution in [-0.2, 0) is 59.6 Å². The molecule has 0 heterocycles. The Morgan fingerprint density at radius 1 is 0.639 bits per heavy atom. The van der Waals surface area contributed by atoms with Crippen molar-refractivity contribution in [2.45, 2.75) is 81.2 Å².